The van der Waals surface area contributed by atoms with Crippen molar-refractivity contribution in [2.45, 2.75) is 84.1 Å². The molecule has 0 amide bonds. The van der Waals surface area contributed by atoms with Crippen LogP contribution >= 0.6 is 0 Å². The van der Waals surface area contributed by atoms with Crippen molar-refractivity contribution in [3.05, 3.63) is 29.6 Å². The smallest absolute Gasteiger partial charge is 0.0372 e. The highest BCUT2D eigenvalue weighted by Gasteiger charge is 2.08. The molecule has 0 aliphatic heterocycles. The molecular weight excluding hydrogens is 256 g/mol. The highest BCUT2D eigenvalue weighted by Crippen LogP contribution is 2.20. The fourth-order valence-electron chi connectivity index (χ4n) is 2.82. The van der Waals surface area contributed by atoms with Gasteiger partial charge < -0.3 is 5.32 Å². The van der Waals surface area contributed by atoms with E-state index in [1.54, 1.807) is 0 Å². The summed E-state index contributed by atoms with van der Waals surface area (Å²) in [6.07, 6.45) is 15.8. The van der Waals surface area contributed by atoms with Gasteiger partial charge in [0, 0.05) is 17.9 Å². The highest BCUT2D eigenvalue weighted by atomic mass is 14.9. The number of hydrogen-bond acceptors (Lipinski definition) is 2. The Morgan fingerprint density at radius 2 is 1.57 bits per heavy atom. The van der Waals surface area contributed by atoms with E-state index in [1.807, 2.05) is 13.1 Å². The zero-order chi connectivity index (χ0) is 15.3. The summed E-state index contributed by atoms with van der Waals surface area (Å²) in [4.78, 5) is 4.40. The van der Waals surface area contributed by atoms with Crippen molar-refractivity contribution >= 4 is 0 Å². The maximum Gasteiger partial charge on any atom is 0.0372 e. The Kier molecular flexibility index (Phi) is 10.1. The van der Waals surface area contributed by atoms with E-state index in [0.717, 1.165) is 5.69 Å². The summed E-state index contributed by atoms with van der Waals surface area (Å²) >= 11 is 0. The van der Waals surface area contributed by atoms with Crippen LogP contribution < -0.4 is 5.32 Å². The van der Waals surface area contributed by atoms with Crippen molar-refractivity contribution in [2.75, 3.05) is 7.05 Å². The number of nitrogens with zero attached hydrogens (tertiary/aromatic N) is 1. The second-order valence-corrected chi connectivity index (χ2v) is 6.19. The Labute approximate surface area is 131 Å². The van der Waals surface area contributed by atoms with Crippen LogP contribution in [0.5, 0.6) is 0 Å². The van der Waals surface area contributed by atoms with E-state index >= 15 is 0 Å². The minimum absolute atomic E-state index is 0.461. The summed E-state index contributed by atoms with van der Waals surface area (Å²) in [5.41, 5.74) is 2.42. The molecule has 2 heteroatoms. The zero-order valence-corrected chi connectivity index (χ0v) is 14.3. The van der Waals surface area contributed by atoms with E-state index in [-0.39, 0.29) is 0 Å². The van der Waals surface area contributed by atoms with Crippen LogP contribution in [0.2, 0.25) is 0 Å². The molecule has 0 radical (unpaired) electrons. The number of unbranched alkanes of at least 4 members (excludes halogenated alkanes) is 8. The van der Waals surface area contributed by atoms with Crippen LogP contribution in [0.3, 0.4) is 0 Å². The fourth-order valence-corrected chi connectivity index (χ4v) is 2.82. The van der Waals surface area contributed by atoms with Gasteiger partial charge in [0.25, 0.3) is 0 Å². The third-order valence-electron chi connectivity index (χ3n) is 4.28. The van der Waals surface area contributed by atoms with Crippen molar-refractivity contribution in [1.82, 2.24) is 10.3 Å². The third-order valence-corrected chi connectivity index (χ3v) is 4.28. The van der Waals surface area contributed by atoms with Gasteiger partial charge in [0.05, 0.1) is 0 Å². The van der Waals surface area contributed by atoms with Gasteiger partial charge in [0.15, 0.2) is 0 Å². The first-order valence-electron chi connectivity index (χ1n) is 8.87. The molecule has 0 saturated carbocycles. The van der Waals surface area contributed by atoms with Gasteiger partial charge in [0.1, 0.15) is 0 Å². The number of aromatic nitrogens is 1. The predicted octanol–water partition coefficient (Wildman–Crippen LogP) is 5.57. The van der Waals surface area contributed by atoms with E-state index in [4.69, 9.17) is 0 Å². The molecule has 1 rings (SSSR count). The molecule has 1 heterocycles. The number of aryl methyl sites for hydroxylation is 1. The molecular formula is C19H34N2. The van der Waals surface area contributed by atoms with Gasteiger partial charge in [-0.05, 0) is 32.0 Å². The van der Waals surface area contributed by atoms with Crippen molar-refractivity contribution < 1.29 is 0 Å². The first-order chi connectivity index (χ1) is 10.3. The van der Waals surface area contributed by atoms with Crippen LogP contribution in [-0.2, 0) is 0 Å². The molecule has 1 aromatic rings. The van der Waals surface area contributed by atoms with Gasteiger partial charge in [0.2, 0.25) is 0 Å². The Bertz CT molecular complexity index is 345. The number of hydrogen-bond donors (Lipinski definition) is 1. The molecule has 1 aromatic heterocycles. The lowest BCUT2D eigenvalue weighted by Gasteiger charge is -2.16. The summed E-state index contributed by atoms with van der Waals surface area (Å²) in [6.45, 7) is 4.32. The summed E-state index contributed by atoms with van der Waals surface area (Å²) in [6, 6.07) is 4.77. The first-order valence-corrected chi connectivity index (χ1v) is 8.87. The molecule has 0 spiro atoms. The summed E-state index contributed by atoms with van der Waals surface area (Å²) < 4.78 is 0. The van der Waals surface area contributed by atoms with E-state index in [0.29, 0.717) is 6.04 Å². The van der Waals surface area contributed by atoms with Gasteiger partial charge in [-0.15, -0.1) is 0 Å². The van der Waals surface area contributed by atoms with Crippen molar-refractivity contribution in [2.24, 2.45) is 0 Å². The van der Waals surface area contributed by atoms with Gasteiger partial charge in [-0.1, -0.05) is 70.8 Å². The van der Waals surface area contributed by atoms with Crippen molar-refractivity contribution in [3.63, 3.8) is 0 Å². The Morgan fingerprint density at radius 1 is 0.952 bits per heavy atom. The molecule has 0 aromatic carbocycles. The largest absolute Gasteiger partial charge is 0.313 e. The second-order valence-electron chi connectivity index (χ2n) is 6.19. The third kappa shape index (κ3) is 8.21. The molecule has 0 aliphatic rings. The first kappa shape index (κ1) is 18.2. The monoisotopic (exact) mass is 290 g/mol. The van der Waals surface area contributed by atoms with Gasteiger partial charge in [-0.25, -0.2) is 0 Å². The Balaban J connectivity index is 2.08. The van der Waals surface area contributed by atoms with E-state index in [9.17, 15) is 0 Å². The number of rotatable bonds is 12. The number of nitrogens with one attached hydrogen (secondary N) is 1. The molecule has 2 nitrogen and oxygen atoms in total. The lowest BCUT2D eigenvalue weighted by Crippen LogP contribution is -2.16. The summed E-state index contributed by atoms with van der Waals surface area (Å²) in [5.74, 6) is 0. The molecule has 120 valence electrons. The molecule has 0 aliphatic carbocycles. The Hall–Kier alpha value is -0.890. The second kappa shape index (κ2) is 11.7. The molecule has 0 bridgehead atoms. The van der Waals surface area contributed by atoms with Crippen LogP contribution in [0.4, 0.5) is 0 Å². The lowest BCUT2D eigenvalue weighted by atomic mass is 10.0. The minimum atomic E-state index is 0.461. The van der Waals surface area contributed by atoms with Crippen LogP contribution in [0.25, 0.3) is 0 Å². The van der Waals surface area contributed by atoms with E-state index in [2.05, 4.69) is 36.4 Å². The molecule has 1 N–H and O–H groups in total. The fraction of sp³-hybridized carbons (Fsp3) is 0.737. The predicted molar refractivity (Wildman–Crippen MR) is 92.6 cm³/mol. The van der Waals surface area contributed by atoms with Crippen molar-refractivity contribution in [1.29, 1.82) is 0 Å². The van der Waals surface area contributed by atoms with Crippen LogP contribution in [-0.4, -0.2) is 12.0 Å². The quantitative estimate of drug-likeness (QED) is 0.509. The SMILES string of the molecule is CCCCCCCCCCCC(NC)c1ccc(C)nc1. The standard InChI is InChI=1S/C19H34N2/c1-4-5-6-7-8-9-10-11-12-13-19(20-3)18-15-14-17(2)21-16-18/h14-16,19-20H,4-13H2,1-3H3. The van der Waals surface area contributed by atoms with Gasteiger partial charge in [-0.2, -0.15) is 0 Å². The molecule has 1 atom stereocenters. The topological polar surface area (TPSA) is 24.9 Å². The van der Waals surface area contributed by atoms with E-state index < -0.39 is 0 Å². The molecule has 0 fully saturated rings. The Morgan fingerprint density at radius 3 is 2.10 bits per heavy atom. The minimum Gasteiger partial charge on any atom is -0.313 e. The van der Waals surface area contributed by atoms with Gasteiger partial charge in [-0.3, -0.25) is 4.98 Å². The molecule has 0 saturated heterocycles. The zero-order valence-electron chi connectivity index (χ0n) is 14.3. The maximum atomic E-state index is 4.40. The average molecular weight is 290 g/mol. The average Bonchev–Trinajstić information content (AvgIpc) is 2.51. The summed E-state index contributed by atoms with van der Waals surface area (Å²) in [5, 5.41) is 3.42. The summed E-state index contributed by atoms with van der Waals surface area (Å²) in [7, 11) is 2.05. The van der Waals surface area contributed by atoms with Crippen LogP contribution in [0, 0.1) is 6.92 Å². The van der Waals surface area contributed by atoms with Crippen LogP contribution in [0.15, 0.2) is 18.3 Å². The van der Waals surface area contributed by atoms with E-state index in [1.165, 1.54) is 69.8 Å². The maximum absolute atomic E-state index is 4.40. The molecule has 1 unspecified atom stereocenters. The lowest BCUT2D eigenvalue weighted by molar-refractivity contribution is 0.492. The van der Waals surface area contributed by atoms with Crippen molar-refractivity contribution in [3.8, 4) is 0 Å². The normalized spacial score (nSPS) is 12.5. The van der Waals surface area contributed by atoms with Crippen LogP contribution in [0.1, 0.15) is 88.4 Å². The highest BCUT2D eigenvalue weighted by molar-refractivity contribution is 5.17. The molecule has 21 heavy (non-hydrogen) atoms. The van der Waals surface area contributed by atoms with Gasteiger partial charge >= 0.3 is 0 Å². The number of pyridine rings is 1.